The van der Waals surface area contributed by atoms with E-state index < -0.39 is 94.3 Å². The predicted molar refractivity (Wildman–Crippen MR) is 293 cm³/mol. The maximum atomic E-state index is 14.4. The van der Waals surface area contributed by atoms with Gasteiger partial charge in [-0.15, -0.1) is 0 Å². The second kappa shape index (κ2) is 27.3. The van der Waals surface area contributed by atoms with Crippen LogP contribution in [-0.2, 0) is 43.0 Å². The molecule has 21 nitrogen and oxygen atoms in total. The lowest BCUT2D eigenvalue weighted by molar-refractivity contribution is -0.148. The molecule has 0 bridgehead atoms. The monoisotopic (exact) mass is 1090 g/mol. The summed E-state index contributed by atoms with van der Waals surface area (Å²) in [5.41, 5.74) is 18.0. The molecule has 21 heteroatoms. The minimum atomic E-state index is -1.18. The van der Waals surface area contributed by atoms with E-state index in [1.807, 2.05) is 59.8 Å². The molecule has 0 atom stereocenters. The first-order chi connectivity index (χ1) is 37.6. The Balaban J connectivity index is 1.39. The molecule has 3 fully saturated rings. The summed E-state index contributed by atoms with van der Waals surface area (Å²) < 4.78 is 17.7. The lowest BCUT2D eigenvalue weighted by Crippen LogP contribution is -2.38. The fourth-order valence-electron chi connectivity index (χ4n) is 11.7. The van der Waals surface area contributed by atoms with Crippen LogP contribution in [-0.4, -0.2) is 149 Å². The quantitative estimate of drug-likeness (QED) is 0.0415. The summed E-state index contributed by atoms with van der Waals surface area (Å²) in [6.45, 7) is 15.2. The van der Waals surface area contributed by atoms with E-state index in [2.05, 4.69) is 30.7 Å². The van der Waals surface area contributed by atoms with Crippen LogP contribution in [0, 0.1) is 56.2 Å². The highest BCUT2D eigenvalue weighted by molar-refractivity contribution is 6.06. The Labute approximate surface area is 465 Å². The van der Waals surface area contributed by atoms with Gasteiger partial charge in [-0.2, -0.15) is 15.8 Å². The van der Waals surface area contributed by atoms with Crippen LogP contribution in [0.4, 0.5) is 0 Å². The highest BCUT2D eigenvalue weighted by Crippen LogP contribution is 2.48. The highest BCUT2D eigenvalue weighted by atomic mass is 16.6. The minimum absolute atomic E-state index is 0.152. The number of nitrogens with two attached hydrogens (primary N) is 3. The number of rotatable bonds is 21. The first-order valence-corrected chi connectivity index (χ1v) is 27.9. The molecule has 428 valence electrons. The molecule has 0 aromatic heterocycles. The van der Waals surface area contributed by atoms with Crippen molar-refractivity contribution >= 4 is 35.6 Å². The number of esters is 3. The summed E-state index contributed by atoms with van der Waals surface area (Å²) in [5.74, 6) is -5.88. The Morgan fingerprint density at radius 2 is 0.696 bits per heavy atom. The second-order valence-corrected chi connectivity index (χ2v) is 23.8. The highest BCUT2D eigenvalue weighted by Gasteiger charge is 2.43. The summed E-state index contributed by atoms with van der Waals surface area (Å²) in [4.78, 5) is 91.7. The lowest BCUT2D eigenvalue weighted by atomic mass is 9.72. The molecule has 3 amide bonds. The van der Waals surface area contributed by atoms with E-state index in [0.29, 0.717) is 75.6 Å². The van der Waals surface area contributed by atoms with Gasteiger partial charge in [-0.25, -0.2) is 14.4 Å². The third-order valence-corrected chi connectivity index (χ3v) is 15.3. The summed E-state index contributed by atoms with van der Waals surface area (Å²) in [6, 6.07) is 6.04. The van der Waals surface area contributed by atoms with Crippen molar-refractivity contribution in [2.45, 2.75) is 119 Å². The summed E-state index contributed by atoms with van der Waals surface area (Å²) in [7, 11) is 0. The molecule has 6 aliphatic rings. The van der Waals surface area contributed by atoms with E-state index >= 15 is 0 Å². The van der Waals surface area contributed by atoms with Gasteiger partial charge in [-0.1, -0.05) is 41.5 Å². The van der Waals surface area contributed by atoms with Gasteiger partial charge < -0.3 is 62.1 Å². The third kappa shape index (κ3) is 15.2. The van der Waals surface area contributed by atoms with Crippen molar-refractivity contribution < 1.29 is 43.0 Å². The number of carbonyl (C=O) groups excluding carboxylic acids is 6. The van der Waals surface area contributed by atoms with Crippen LogP contribution >= 0.6 is 0 Å². The van der Waals surface area contributed by atoms with Crippen molar-refractivity contribution in [3.63, 3.8) is 0 Å². The largest absolute Gasteiger partial charge is 0.461 e. The maximum Gasteiger partial charge on any atom is 0.349 e. The molecule has 3 heterocycles. The average Bonchev–Trinajstić information content (AvgIpc) is 4.34. The van der Waals surface area contributed by atoms with Crippen LogP contribution in [0.3, 0.4) is 0 Å². The zero-order valence-electron chi connectivity index (χ0n) is 47.3. The van der Waals surface area contributed by atoms with Crippen LogP contribution in [0.1, 0.15) is 119 Å². The van der Waals surface area contributed by atoms with Crippen molar-refractivity contribution in [2.75, 3.05) is 98.4 Å². The number of likely N-dealkylation sites (tertiary alicyclic amines) is 3. The Morgan fingerprint density at radius 3 is 0.911 bits per heavy atom. The molecule has 0 aromatic carbocycles. The molecule has 3 aliphatic carbocycles. The molecule has 79 heavy (non-hydrogen) atoms. The Kier molecular flexibility index (Phi) is 21.1. The number of nitrogens with zero attached hydrogens (tertiary/aromatic N) is 6. The van der Waals surface area contributed by atoms with Crippen molar-refractivity contribution in [2.24, 2.45) is 39.4 Å². The molecule has 3 aliphatic heterocycles. The summed E-state index contributed by atoms with van der Waals surface area (Å²) in [5, 5.41) is 40.8. The number of hydrogen-bond donors (Lipinski definition) is 6. The Bertz CT molecular complexity index is 2420. The molecule has 0 spiro atoms. The van der Waals surface area contributed by atoms with Gasteiger partial charge >= 0.3 is 17.9 Å². The third-order valence-electron chi connectivity index (χ3n) is 15.3. The number of carbonyl (C=O) groups is 6. The van der Waals surface area contributed by atoms with E-state index in [-0.39, 0.29) is 92.0 Å². The van der Waals surface area contributed by atoms with Gasteiger partial charge in [0.15, 0.2) is 0 Å². The molecule has 0 radical (unpaired) electrons. The topological polar surface area (TPSA) is 325 Å². The number of hydrogen-bond acceptors (Lipinski definition) is 18. The van der Waals surface area contributed by atoms with Gasteiger partial charge in [0, 0.05) is 95.6 Å². The average molecular weight is 1090 g/mol. The molecular weight excluding hydrogens is 1010 g/mol. The van der Waals surface area contributed by atoms with Crippen LogP contribution in [0.2, 0.25) is 0 Å². The van der Waals surface area contributed by atoms with E-state index in [1.54, 1.807) is 0 Å². The summed E-state index contributed by atoms with van der Waals surface area (Å²) >= 11 is 0. The normalized spacial score (nSPS) is 21.7. The van der Waals surface area contributed by atoms with E-state index in [4.69, 9.17) is 31.4 Å². The van der Waals surface area contributed by atoms with Gasteiger partial charge in [0.1, 0.15) is 54.7 Å². The predicted octanol–water partition coefficient (Wildman–Crippen LogP) is 3.43. The number of nitrogens with one attached hydrogen (secondary N) is 3. The van der Waals surface area contributed by atoms with Crippen molar-refractivity contribution in [3.8, 4) is 18.2 Å². The van der Waals surface area contributed by atoms with Crippen LogP contribution in [0.25, 0.3) is 0 Å². The van der Waals surface area contributed by atoms with E-state index in [9.17, 15) is 44.6 Å². The number of nitriles is 3. The van der Waals surface area contributed by atoms with Crippen molar-refractivity contribution in [1.29, 1.82) is 15.8 Å². The fourth-order valence-corrected chi connectivity index (χ4v) is 11.7. The number of allylic oxidation sites excluding steroid dienone is 3. The van der Waals surface area contributed by atoms with Gasteiger partial charge in [0.25, 0.3) is 17.7 Å². The van der Waals surface area contributed by atoms with Gasteiger partial charge in [0.05, 0.1) is 22.6 Å². The Morgan fingerprint density at radius 1 is 0.456 bits per heavy atom. The maximum absolute atomic E-state index is 14.4. The standard InChI is InChI=1S/C58H82N12O9/c1-56(2)25-38(47(50(71)65-16-13-59)44(28-56)68-19-7-8-20-68)41(31-62)53(74)77-34-37(35-78-54(75)42(32-63)39-26-57(3,4)29-45(69-21-9-10-22-69)48(39)51(72)66-17-14-60)36-79-55(76)43(33-64)40-27-58(5,6)30-46(70-23-11-12-24-70)49(40)52(73)67-18-15-61/h37H,7-30,34-36,59-61H2,1-6H3,(H,65,71)(H,66,72)(H,67,73)/b41-38+,42-39+,43-40+. The first-order valence-electron chi connectivity index (χ1n) is 27.9. The molecule has 0 saturated carbocycles. The molecule has 0 unspecified atom stereocenters. The van der Waals surface area contributed by atoms with Crippen LogP contribution in [0.5, 0.6) is 0 Å². The van der Waals surface area contributed by atoms with Crippen molar-refractivity contribution in [3.05, 3.63) is 67.2 Å². The SMILES string of the molecule is CC1(C)CC(N2CCCC2)=C(C(=O)NCCN)/C(=C(\C#N)C(=O)OCC(COC(=O)/C(C#N)=C2\CC(C)(C)CC(N3CCCC3)=C2C(=O)NCCN)COC(=O)/C(C#N)=C2\CC(C)(C)CC(N3CCCC3)=C2C(=O)NCCN)C1. The van der Waals surface area contributed by atoms with E-state index in [1.165, 1.54) is 0 Å². The van der Waals surface area contributed by atoms with Crippen LogP contribution in [0.15, 0.2) is 67.2 Å². The van der Waals surface area contributed by atoms with Gasteiger partial charge in [-0.05, 0) is 110 Å². The van der Waals surface area contributed by atoms with E-state index in [0.717, 1.165) is 38.5 Å². The molecule has 0 aromatic rings. The number of ether oxygens (including phenoxy) is 3. The number of amides is 3. The zero-order valence-corrected chi connectivity index (χ0v) is 47.3. The van der Waals surface area contributed by atoms with Crippen LogP contribution < -0.4 is 33.2 Å². The lowest BCUT2D eigenvalue weighted by Gasteiger charge is -2.38. The smallest absolute Gasteiger partial charge is 0.349 e. The molecule has 6 rings (SSSR count). The Hall–Kier alpha value is -6.99. The first kappa shape index (κ1) is 61.2. The minimum Gasteiger partial charge on any atom is -0.461 e. The molecular formula is C58H82N12O9. The van der Waals surface area contributed by atoms with Crippen molar-refractivity contribution in [1.82, 2.24) is 30.7 Å². The van der Waals surface area contributed by atoms with Gasteiger partial charge in [-0.3, -0.25) is 14.4 Å². The molecule has 3 saturated heterocycles. The molecule has 9 N–H and O–H groups in total. The zero-order chi connectivity index (χ0) is 57.7. The van der Waals surface area contributed by atoms with Gasteiger partial charge in [0.2, 0.25) is 0 Å². The second-order valence-electron chi connectivity index (χ2n) is 23.8. The summed E-state index contributed by atoms with van der Waals surface area (Å²) in [6.07, 6.45) is 7.50. The fraction of sp³-hybridized carbons (Fsp3) is 0.638.